The maximum absolute atomic E-state index is 14.0. The van der Waals surface area contributed by atoms with Gasteiger partial charge in [0.05, 0.1) is 29.2 Å². The van der Waals surface area contributed by atoms with Gasteiger partial charge < -0.3 is 20.6 Å². The molecule has 8 atom stereocenters. The number of thioether (sulfide) groups is 1. The van der Waals surface area contributed by atoms with Crippen LogP contribution in [0.2, 0.25) is 0 Å². The second-order valence-corrected chi connectivity index (χ2v) is 12.2. The molecule has 0 aromatic heterocycles. The van der Waals surface area contributed by atoms with Crippen LogP contribution in [-0.2, 0) is 14.4 Å². The quantitative estimate of drug-likeness (QED) is 0.280. The Hall–Kier alpha value is -0.800. The van der Waals surface area contributed by atoms with Gasteiger partial charge in [0.2, 0.25) is 17.7 Å². The molecule has 182 valence electrons. The Labute approximate surface area is 204 Å². The molecule has 3 unspecified atom stereocenters. The lowest BCUT2D eigenvalue weighted by Crippen LogP contribution is -2.58. The van der Waals surface area contributed by atoms with Gasteiger partial charge in [0.25, 0.3) is 0 Å². The fourth-order valence-corrected chi connectivity index (χ4v) is 9.29. The number of carbonyl (C=O) groups is 3. The van der Waals surface area contributed by atoms with Crippen LogP contribution in [0.1, 0.15) is 59.8 Å². The van der Waals surface area contributed by atoms with E-state index in [9.17, 15) is 19.5 Å². The number of nitrogens with zero attached hydrogens (tertiary/aromatic N) is 1. The lowest BCUT2D eigenvalue weighted by atomic mass is 9.70. The Morgan fingerprint density at radius 2 is 1.91 bits per heavy atom. The number of alkyl halides is 1. The van der Waals surface area contributed by atoms with E-state index in [1.54, 1.807) is 16.7 Å². The van der Waals surface area contributed by atoms with Gasteiger partial charge in [-0.2, -0.15) is 0 Å². The van der Waals surface area contributed by atoms with Gasteiger partial charge in [-0.25, -0.2) is 0 Å². The molecule has 3 saturated heterocycles. The Morgan fingerprint density at radius 1 is 1.22 bits per heavy atom. The third kappa shape index (κ3) is 4.22. The second kappa shape index (κ2) is 10.6. The van der Waals surface area contributed by atoms with E-state index < -0.39 is 28.7 Å². The van der Waals surface area contributed by atoms with E-state index in [4.69, 9.17) is 0 Å². The summed E-state index contributed by atoms with van der Waals surface area (Å²) in [5, 5.41) is 16.3. The smallest absolute Gasteiger partial charge is 0.244 e. The molecule has 2 bridgehead atoms. The van der Waals surface area contributed by atoms with E-state index >= 15 is 0 Å². The summed E-state index contributed by atoms with van der Waals surface area (Å²) in [5.41, 5.74) is 0. The zero-order valence-corrected chi connectivity index (χ0v) is 22.0. The van der Waals surface area contributed by atoms with Crippen LogP contribution in [-0.4, -0.2) is 74.3 Å². The normalized spacial score (nSPS) is 35.0. The maximum atomic E-state index is 14.0. The number of likely N-dealkylation sites (tertiary alicyclic amines) is 1. The Bertz CT molecular complexity index is 725. The first-order valence-electron chi connectivity index (χ1n) is 12.1. The van der Waals surface area contributed by atoms with Crippen molar-refractivity contribution in [3.63, 3.8) is 0 Å². The van der Waals surface area contributed by atoms with E-state index in [0.29, 0.717) is 19.5 Å². The fourth-order valence-electron chi connectivity index (χ4n) is 5.69. The highest BCUT2D eigenvalue weighted by Gasteiger charge is 2.76. The molecule has 3 rings (SSSR count). The van der Waals surface area contributed by atoms with Crippen LogP contribution in [0.15, 0.2) is 0 Å². The zero-order valence-electron chi connectivity index (χ0n) is 19.6. The van der Waals surface area contributed by atoms with E-state index in [-0.39, 0.29) is 40.3 Å². The van der Waals surface area contributed by atoms with E-state index in [1.165, 1.54) is 0 Å². The van der Waals surface area contributed by atoms with Crippen LogP contribution in [0.25, 0.3) is 0 Å². The lowest BCUT2D eigenvalue weighted by Gasteiger charge is -2.39. The Kier molecular flexibility index (Phi) is 8.58. The number of aliphatic hydroxyl groups excluding tert-OH is 1. The van der Waals surface area contributed by atoms with Gasteiger partial charge in [-0.1, -0.05) is 56.5 Å². The van der Waals surface area contributed by atoms with Crippen LogP contribution in [0.4, 0.5) is 0 Å². The highest BCUT2D eigenvalue weighted by molar-refractivity contribution is 9.09. The van der Waals surface area contributed by atoms with Crippen LogP contribution >= 0.6 is 27.7 Å². The first kappa shape index (κ1) is 25.8. The van der Waals surface area contributed by atoms with E-state index in [2.05, 4.69) is 33.5 Å². The average Bonchev–Trinajstić information content (AvgIpc) is 3.36. The summed E-state index contributed by atoms with van der Waals surface area (Å²) in [5.74, 6) is -1.36. The lowest BCUT2D eigenvalue weighted by molar-refractivity contribution is -0.143. The van der Waals surface area contributed by atoms with Crippen LogP contribution in [0.5, 0.6) is 0 Å². The molecule has 3 fully saturated rings. The van der Waals surface area contributed by atoms with Crippen molar-refractivity contribution in [2.75, 3.05) is 19.7 Å². The molecular formula is C23H38BrN3O4S. The predicted octanol–water partition coefficient (Wildman–Crippen LogP) is 2.30. The number of carbonyl (C=O) groups excluding carboxylic acids is 3. The molecule has 0 saturated carbocycles. The first-order valence-corrected chi connectivity index (χ1v) is 13.9. The van der Waals surface area contributed by atoms with Crippen molar-refractivity contribution in [3.8, 4) is 0 Å². The highest BCUT2D eigenvalue weighted by atomic mass is 79.9. The van der Waals surface area contributed by atoms with Crippen LogP contribution in [0.3, 0.4) is 0 Å². The number of nitrogens with one attached hydrogen (secondary N) is 2. The van der Waals surface area contributed by atoms with Crippen molar-refractivity contribution in [2.24, 2.45) is 17.8 Å². The van der Waals surface area contributed by atoms with Crippen molar-refractivity contribution in [2.45, 2.75) is 86.7 Å². The molecule has 9 heteroatoms. The molecule has 32 heavy (non-hydrogen) atoms. The number of hydrogen-bond donors (Lipinski definition) is 3. The Morgan fingerprint density at radius 3 is 2.50 bits per heavy atom. The van der Waals surface area contributed by atoms with Gasteiger partial charge in [-0.15, -0.1) is 11.8 Å². The van der Waals surface area contributed by atoms with Gasteiger partial charge in [0.15, 0.2) is 0 Å². The number of aliphatic hydroxyl groups is 1. The van der Waals surface area contributed by atoms with Crippen molar-refractivity contribution in [1.82, 2.24) is 15.5 Å². The minimum absolute atomic E-state index is 0.0370. The molecule has 3 N–H and O–H groups in total. The number of hydrogen-bond acceptors (Lipinski definition) is 5. The third-order valence-corrected chi connectivity index (χ3v) is 10.7. The average molecular weight is 533 g/mol. The summed E-state index contributed by atoms with van der Waals surface area (Å²) in [6.07, 6.45) is 4.11. The maximum Gasteiger partial charge on any atom is 0.244 e. The molecule has 0 aromatic carbocycles. The molecule has 3 heterocycles. The molecule has 3 aliphatic heterocycles. The zero-order chi connectivity index (χ0) is 23.6. The third-order valence-electron chi connectivity index (χ3n) is 7.50. The van der Waals surface area contributed by atoms with Gasteiger partial charge in [-0.05, 0) is 25.2 Å². The summed E-state index contributed by atoms with van der Waals surface area (Å²) in [7, 11) is 0. The second-order valence-electron chi connectivity index (χ2n) is 9.48. The van der Waals surface area contributed by atoms with Crippen molar-refractivity contribution in [3.05, 3.63) is 0 Å². The summed E-state index contributed by atoms with van der Waals surface area (Å²) in [4.78, 5) is 42.4. The molecule has 3 amide bonds. The topological polar surface area (TPSA) is 98.7 Å². The van der Waals surface area contributed by atoms with Crippen molar-refractivity contribution >= 4 is 45.4 Å². The summed E-state index contributed by atoms with van der Waals surface area (Å²) in [6, 6.07) is -1.12. The summed E-state index contributed by atoms with van der Waals surface area (Å²) < 4.78 is -0.651. The van der Waals surface area contributed by atoms with E-state index in [1.807, 2.05) is 20.8 Å². The van der Waals surface area contributed by atoms with Crippen molar-refractivity contribution < 1.29 is 19.5 Å². The van der Waals surface area contributed by atoms with Gasteiger partial charge in [0, 0.05) is 23.2 Å². The number of fused-ring (bicyclic) bond motifs is 1. The molecule has 0 aliphatic carbocycles. The van der Waals surface area contributed by atoms with Gasteiger partial charge in [-0.3, -0.25) is 14.4 Å². The van der Waals surface area contributed by atoms with Crippen LogP contribution < -0.4 is 10.6 Å². The molecule has 0 aromatic rings. The molecule has 1 spiro atoms. The van der Waals surface area contributed by atoms with E-state index in [0.717, 1.165) is 25.7 Å². The number of halogens is 1. The predicted molar refractivity (Wildman–Crippen MR) is 131 cm³/mol. The van der Waals surface area contributed by atoms with Gasteiger partial charge >= 0.3 is 0 Å². The van der Waals surface area contributed by atoms with Crippen LogP contribution in [0, 0.1) is 17.8 Å². The monoisotopic (exact) mass is 531 g/mol. The number of unbranched alkanes of at least 4 members (excludes halogenated alkanes) is 1. The molecular weight excluding hydrogens is 494 g/mol. The first-order chi connectivity index (χ1) is 15.3. The summed E-state index contributed by atoms with van der Waals surface area (Å²) >= 11 is 5.41. The standard InChI is InChI=1S/C23H38BrN3O4S/c1-5-8-10-26-21(30)19-23-11-14(24)18(32-23)16(20(29)25-9-6-2)17(23)22(31)27(19)15(12-28)13(4)7-3/h13-19,28H,5-12H2,1-4H3,(H,25,29)(H,26,30)/t13-,14?,15-,16+,17-,18+,19?,23?/m0/s1. The van der Waals surface area contributed by atoms with Gasteiger partial charge in [0.1, 0.15) is 6.04 Å². The molecule has 0 radical (unpaired) electrons. The minimum atomic E-state index is -0.679. The highest BCUT2D eigenvalue weighted by Crippen LogP contribution is 2.68. The molecule has 7 nitrogen and oxygen atoms in total. The fraction of sp³-hybridized carbons (Fsp3) is 0.870. The SMILES string of the molecule is CCCCNC(=O)C1N([C@@H](CO)[C@@H](C)CC)C(=O)[C@@H]2[C@@H](C(=O)NCCC)[C@@H]3SC12CC3Br. The number of amides is 3. The number of rotatable bonds is 11. The Balaban J connectivity index is 2.03. The largest absolute Gasteiger partial charge is 0.394 e. The van der Waals surface area contributed by atoms with Crippen molar-refractivity contribution in [1.29, 1.82) is 0 Å². The summed E-state index contributed by atoms with van der Waals surface area (Å²) in [6.45, 7) is 9.05. The minimum Gasteiger partial charge on any atom is -0.394 e. The molecule has 3 aliphatic rings.